The fraction of sp³-hybridized carbons (Fsp3) is 0.500. The molecule has 0 aliphatic heterocycles. The van der Waals surface area contributed by atoms with Crippen molar-refractivity contribution in [2.75, 3.05) is 6.54 Å². The lowest BCUT2D eigenvalue weighted by Crippen LogP contribution is -2.06. The fourth-order valence-corrected chi connectivity index (χ4v) is 3.72. The van der Waals surface area contributed by atoms with Crippen molar-refractivity contribution in [1.29, 1.82) is 0 Å². The summed E-state index contributed by atoms with van der Waals surface area (Å²) in [6.07, 6.45) is 7.90. The van der Waals surface area contributed by atoms with Crippen LogP contribution in [0.5, 0.6) is 0 Å². The minimum Gasteiger partial charge on any atom is -0.347 e. The number of aromatic nitrogens is 1. The lowest BCUT2D eigenvalue weighted by Gasteiger charge is -2.11. The van der Waals surface area contributed by atoms with Crippen molar-refractivity contribution >= 4 is 26.8 Å². The van der Waals surface area contributed by atoms with Gasteiger partial charge < -0.3 is 4.57 Å². The van der Waals surface area contributed by atoms with E-state index in [4.69, 9.17) is 0 Å². The second-order valence-electron chi connectivity index (χ2n) is 5.92. The molecule has 0 unspecified atom stereocenters. The third kappa shape index (κ3) is 3.28. The van der Waals surface area contributed by atoms with Crippen LogP contribution in [0.3, 0.4) is 0 Å². The van der Waals surface area contributed by atoms with Gasteiger partial charge in [0.15, 0.2) is 0 Å². The molecule has 1 aromatic carbocycles. The molecule has 112 valence electrons. The smallest absolute Gasteiger partial charge is 0.207 e. The number of hydrogen-bond acceptors (Lipinski definition) is 2. The van der Waals surface area contributed by atoms with Crippen molar-refractivity contribution in [2.45, 2.75) is 38.6 Å². The average Bonchev–Trinajstić information content (AvgIpc) is 3.05. The predicted molar refractivity (Wildman–Crippen MR) is 87.2 cm³/mol. The molecule has 0 amide bonds. The van der Waals surface area contributed by atoms with Crippen molar-refractivity contribution in [3.05, 3.63) is 44.5 Å². The molecule has 1 aliphatic rings. The van der Waals surface area contributed by atoms with Crippen LogP contribution in [0.1, 0.15) is 31.2 Å². The Bertz CT molecular complexity index is 660. The Kier molecular flexibility index (Phi) is 4.29. The zero-order chi connectivity index (χ0) is 14.8. The molecule has 3 rings (SSSR count). The van der Waals surface area contributed by atoms with Crippen molar-refractivity contribution in [2.24, 2.45) is 5.92 Å². The summed E-state index contributed by atoms with van der Waals surface area (Å²) in [5.74, 6) is 0.753. The van der Waals surface area contributed by atoms with Gasteiger partial charge >= 0.3 is 0 Å². The van der Waals surface area contributed by atoms with Gasteiger partial charge in [0, 0.05) is 39.5 Å². The number of halogens is 1. The lowest BCUT2D eigenvalue weighted by molar-refractivity contribution is -0.479. The van der Waals surface area contributed by atoms with Crippen molar-refractivity contribution in [3.8, 4) is 0 Å². The summed E-state index contributed by atoms with van der Waals surface area (Å²) in [4.78, 5) is 10.4. The first-order valence-corrected chi connectivity index (χ1v) is 8.32. The normalized spacial score (nSPS) is 15.9. The Morgan fingerprint density at radius 2 is 2.10 bits per heavy atom. The topological polar surface area (TPSA) is 48.1 Å². The van der Waals surface area contributed by atoms with E-state index in [0.717, 1.165) is 27.9 Å². The SMILES string of the molecule is O=[N+]([O-])CCc1cn(CC2CCCC2)c2cc(Br)ccc12. The minimum atomic E-state index is -0.237. The largest absolute Gasteiger partial charge is 0.347 e. The molecule has 5 heteroatoms. The van der Waals surface area contributed by atoms with Crippen LogP contribution < -0.4 is 0 Å². The van der Waals surface area contributed by atoms with Gasteiger partial charge in [0.2, 0.25) is 6.54 Å². The van der Waals surface area contributed by atoms with Gasteiger partial charge in [-0.25, -0.2) is 0 Å². The number of nitro groups is 1. The van der Waals surface area contributed by atoms with Crippen molar-refractivity contribution in [3.63, 3.8) is 0 Å². The molecule has 1 saturated carbocycles. The molecule has 1 aliphatic carbocycles. The zero-order valence-corrected chi connectivity index (χ0v) is 13.5. The van der Waals surface area contributed by atoms with E-state index < -0.39 is 0 Å². The van der Waals surface area contributed by atoms with E-state index in [1.807, 2.05) is 6.07 Å². The molecule has 0 radical (unpaired) electrons. The van der Waals surface area contributed by atoms with Crippen LogP contribution in [0.25, 0.3) is 10.9 Å². The molecular formula is C16H19BrN2O2. The average molecular weight is 351 g/mol. The molecule has 0 atom stereocenters. The third-order valence-electron chi connectivity index (χ3n) is 4.42. The van der Waals surface area contributed by atoms with Crippen LogP contribution in [0.15, 0.2) is 28.9 Å². The van der Waals surface area contributed by atoms with E-state index in [-0.39, 0.29) is 11.5 Å². The summed E-state index contributed by atoms with van der Waals surface area (Å²) in [5, 5.41) is 11.8. The molecule has 2 aromatic rings. The van der Waals surface area contributed by atoms with Crippen molar-refractivity contribution < 1.29 is 4.92 Å². The van der Waals surface area contributed by atoms with Gasteiger partial charge in [-0.3, -0.25) is 10.1 Å². The summed E-state index contributed by atoms with van der Waals surface area (Å²) < 4.78 is 3.35. The van der Waals surface area contributed by atoms with Crippen LogP contribution in [0, 0.1) is 16.0 Å². The van der Waals surface area contributed by atoms with Crippen LogP contribution >= 0.6 is 15.9 Å². The molecule has 0 spiro atoms. The lowest BCUT2D eigenvalue weighted by atomic mass is 10.1. The van der Waals surface area contributed by atoms with Gasteiger partial charge in [-0.1, -0.05) is 34.8 Å². The maximum absolute atomic E-state index is 10.6. The van der Waals surface area contributed by atoms with E-state index >= 15 is 0 Å². The molecule has 21 heavy (non-hydrogen) atoms. The molecule has 0 saturated heterocycles. The van der Waals surface area contributed by atoms with Gasteiger partial charge in [0.1, 0.15) is 0 Å². The highest BCUT2D eigenvalue weighted by molar-refractivity contribution is 9.10. The second-order valence-corrected chi connectivity index (χ2v) is 6.84. The van der Waals surface area contributed by atoms with Gasteiger partial charge in [0.25, 0.3) is 0 Å². The van der Waals surface area contributed by atoms with Crippen molar-refractivity contribution in [1.82, 2.24) is 4.57 Å². The zero-order valence-electron chi connectivity index (χ0n) is 11.9. The summed E-state index contributed by atoms with van der Waals surface area (Å²) >= 11 is 3.53. The number of fused-ring (bicyclic) bond motifs is 1. The van der Waals surface area contributed by atoms with E-state index in [2.05, 4.69) is 38.8 Å². The van der Waals surface area contributed by atoms with Crippen LogP contribution in [0.4, 0.5) is 0 Å². The van der Waals surface area contributed by atoms with Gasteiger partial charge in [-0.05, 0) is 36.5 Å². The monoisotopic (exact) mass is 350 g/mol. The molecular weight excluding hydrogens is 332 g/mol. The Morgan fingerprint density at radius 1 is 1.33 bits per heavy atom. The molecule has 0 bridgehead atoms. The Balaban J connectivity index is 1.93. The minimum absolute atomic E-state index is 0.00138. The molecule has 1 aromatic heterocycles. The van der Waals surface area contributed by atoms with Crippen LogP contribution in [-0.2, 0) is 13.0 Å². The Morgan fingerprint density at radius 3 is 2.81 bits per heavy atom. The molecule has 0 N–H and O–H groups in total. The van der Waals surface area contributed by atoms with Gasteiger partial charge in [0.05, 0.1) is 0 Å². The molecule has 1 fully saturated rings. The fourth-order valence-electron chi connectivity index (χ4n) is 3.37. The van der Waals surface area contributed by atoms with Crippen LogP contribution in [0.2, 0.25) is 0 Å². The highest BCUT2D eigenvalue weighted by Crippen LogP contribution is 2.30. The number of hydrogen-bond donors (Lipinski definition) is 0. The highest BCUT2D eigenvalue weighted by Gasteiger charge is 2.18. The molecule has 1 heterocycles. The third-order valence-corrected chi connectivity index (χ3v) is 4.91. The van der Waals surface area contributed by atoms with Crippen LogP contribution in [-0.4, -0.2) is 16.0 Å². The summed E-state index contributed by atoms with van der Waals surface area (Å²) in [6.45, 7) is 1.03. The summed E-state index contributed by atoms with van der Waals surface area (Å²) in [7, 11) is 0. The maximum atomic E-state index is 10.6. The number of nitrogens with zero attached hydrogens (tertiary/aromatic N) is 2. The second kappa shape index (κ2) is 6.18. The highest BCUT2D eigenvalue weighted by atomic mass is 79.9. The van der Waals surface area contributed by atoms with Gasteiger partial charge in [-0.15, -0.1) is 0 Å². The maximum Gasteiger partial charge on any atom is 0.207 e. The Hall–Kier alpha value is -1.36. The van der Waals surface area contributed by atoms with Gasteiger partial charge in [-0.2, -0.15) is 0 Å². The summed E-state index contributed by atoms with van der Waals surface area (Å²) in [5.41, 5.74) is 2.28. The predicted octanol–water partition coefficient (Wildman–Crippen LogP) is 4.41. The van der Waals surface area contributed by atoms with E-state index in [1.165, 1.54) is 31.2 Å². The Labute approximate surface area is 132 Å². The standard InChI is InChI=1S/C16H19BrN2O2/c17-14-5-6-15-13(7-8-19(20)21)11-18(16(15)9-14)10-12-3-1-2-4-12/h5-6,9,11-12H,1-4,7-8,10H2. The van der Waals surface area contributed by atoms with E-state index in [0.29, 0.717) is 6.42 Å². The quantitative estimate of drug-likeness (QED) is 0.592. The first-order valence-electron chi connectivity index (χ1n) is 7.52. The first kappa shape index (κ1) is 14.6. The first-order chi connectivity index (χ1) is 10.1. The van der Waals surface area contributed by atoms with E-state index in [1.54, 1.807) is 0 Å². The van der Waals surface area contributed by atoms with E-state index in [9.17, 15) is 10.1 Å². The number of benzene rings is 1. The number of rotatable bonds is 5. The summed E-state index contributed by atoms with van der Waals surface area (Å²) in [6, 6.07) is 6.21. The molecule has 4 nitrogen and oxygen atoms in total.